The molecule has 0 amide bonds. The van der Waals surface area contributed by atoms with Gasteiger partial charge in [0.2, 0.25) is 0 Å². The Balaban J connectivity index is 0.000000146. The fourth-order valence-corrected chi connectivity index (χ4v) is 10.3. The van der Waals surface area contributed by atoms with Gasteiger partial charge in [0.1, 0.15) is 0 Å². The van der Waals surface area contributed by atoms with Crippen molar-refractivity contribution in [3.05, 3.63) is 295 Å². The van der Waals surface area contributed by atoms with Crippen molar-refractivity contribution < 1.29 is 32.0 Å². The summed E-state index contributed by atoms with van der Waals surface area (Å²) in [6.07, 6.45) is 0. The molecule has 0 unspecified atom stereocenters. The summed E-state index contributed by atoms with van der Waals surface area (Å²) >= 11 is 3.38. The molecule has 76 heavy (non-hydrogen) atoms. The first kappa shape index (κ1) is 33.1. The van der Waals surface area contributed by atoms with Crippen LogP contribution in [0.1, 0.15) is 21.9 Å². The molecule has 0 saturated carbocycles. The lowest BCUT2D eigenvalue weighted by molar-refractivity contribution is 0.426. The zero-order valence-electron chi connectivity index (χ0n) is 56.3. The third kappa shape index (κ3) is 9.58. The van der Waals surface area contributed by atoms with Crippen molar-refractivity contribution in [3.63, 3.8) is 0 Å². The van der Waals surface area contributed by atoms with Crippen LogP contribution in [-0.2, 0) is 0 Å². The van der Waals surface area contributed by atoms with Crippen molar-refractivity contribution in [2.75, 3.05) is 0 Å². The van der Waals surface area contributed by atoms with E-state index in [1.54, 1.807) is 66.7 Å². The molecule has 0 bridgehead atoms. The Bertz CT molecular complexity index is 5170. The normalized spacial score (nSPS) is 14.0. The van der Waals surface area contributed by atoms with Gasteiger partial charge in [-0.15, -0.1) is 0 Å². The third-order valence-corrected chi connectivity index (χ3v) is 14.1. The maximum absolute atomic E-state index is 9.17. The molecule has 0 radical (unpaired) electrons. The van der Waals surface area contributed by atoms with Gasteiger partial charge < -0.3 is 10.0 Å². The van der Waals surface area contributed by atoms with Gasteiger partial charge in [0.05, 0.1) is 21.9 Å². The van der Waals surface area contributed by atoms with E-state index < -0.39 is 55.5 Å². The first-order valence-electron chi connectivity index (χ1n) is 32.3. The van der Waals surface area contributed by atoms with Gasteiger partial charge in [-0.05, 0) is 160 Å². The second kappa shape index (κ2) is 21.5. The molecular formula is C72H50BBrO2. The van der Waals surface area contributed by atoms with Crippen LogP contribution in [-0.4, -0.2) is 17.2 Å². The van der Waals surface area contributed by atoms with Crippen LogP contribution in [0.2, 0.25) is 0 Å². The highest BCUT2D eigenvalue weighted by molar-refractivity contribution is 9.10. The molecule has 0 fully saturated rings. The molecule has 0 saturated heterocycles. The standard InChI is InChI=1S/C36H24.C20H13Br.C16H13BO2/c1-3-11-25(12-4-1)27-19-20-29-24-30(22-21-28(29)23-27)36-33-17-9-7-15-31(33)35(26-13-5-2-6-14-26)32-16-8-10-18-34(32)36;21-20-17-12-6-4-10-15(17)19(14-8-2-1-3-9-14)16-11-5-7-13-18(16)20;18-17(19)16-9-8-14-10-13(6-7-15(14)11-16)12-4-2-1-3-5-12/h1-24H;1-13H;1-11,18-19H/i7D,8D,9D,10D,15D,16D,17D,18D;4D,5D,6D,7D,10D,11D,12D,13D;. The lowest BCUT2D eigenvalue weighted by Gasteiger charge is -2.18. The van der Waals surface area contributed by atoms with Crippen molar-refractivity contribution in [2.45, 2.75) is 0 Å². The van der Waals surface area contributed by atoms with E-state index in [2.05, 4.69) is 40.2 Å². The van der Waals surface area contributed by atoms with Gasteiger partial charge in [0, 0.05) is 4.47 Å². The Morgan fingerprint density at radius 2 is 0.553 bits per heavy atom. The molecule has 0 aliphatic rings. The average Bonchev–Trinajstić information content (AvgIpc) is 0.710. The van der Waals surface area contributed by atoms with Crippen LogP contribution in [0.3, 0.4) is 0 Å². The van der Waals surface area contributed by atoms with E-state index in [4.69, 9.17) is 21.9 Å². The molecule has 0 aromatic heterocycles. The van der Waals surface area contributed by atoms with Gasteiger partial charge in [0.15, 0.2) is 0 Å². The Hall–Kier alpha value is -8.90. The number of halogens is 1. The van der Waals surface area contributed by atoms with Crippen LogP contribution >= 0.6 is 15.9 Å². The highest BCUT2D eigenvalue weighted by atomic mass is 79.9. The summed E-state index contributed by atoms with van der Waals surface area (Å²) in [5.41, 5.74) is 7.83. The van der Waals surface area contributed by atoms with Crippen LogP contribution in [0.5, 0.6) is 0 Å². The zero-order valence-corrected chi connectivity index (χ0v) is 41.9. The summed E-state index contributed by atoms with van der Waals surface area (Å²) in [5, 5.41) is 24.0. The number of rotatable bonds is 6. The number of hydrogen-bond acceptors (Lipinski definition) is 2. The molecule has 14 aromatic carbocycles. The molecule has 360 valence electrons. The minimum absolute atomic E-state index is 0.187. The Labute approximate surface area is 474 Å². The van der Waals surface area contributed by atoms with Crippen LogP contribution in [0.4, 0.5) is 0 Å². The summed E-state index contributed by atoms with van der Waals surface area (Å²) in [4.78, 5) is 0. The summed E-state index contributed by atoms with van der Waals surface area (Å²) < 4.78 is 137. The maximum Gasteiger partial charge on any atom is 0.488 e. The Kier molecular flexibility index (Phi) is 9.38. The SMILES string of the molecule is OB(O)c1ccc2cc(-c3ccccc3)ccc2c1.[2H]c1c([2H])c([2H])c2c(-c3ccc4cc(-c5ccccc5)ccc4c3)c3c([2H])c([2H])c([2H])c([2H])c3c(-c3ccccc3)c2c1[2H].[2H]c1c([2H])c([2H])c2c(-c3ccccc3)c3c([2H])c([2H])c([2H])c([2H])c3c(Br)c2c1[2H]. The largest absolute Gasteiger partial charge is 0.488 e. The molecule has 0 heterocycles. The molecule has 2 nitrogen and oxygen atoms in total. The van der Waals surface area contributed by atoms with E-state index in [1.165, 1.54) is 5.56 Å². The molecule has 4 heteroatoms. The van der Waals surface area contributed by atoms with E-state index in [1.807, 2.05) is 103 Å². The molecule has 14 aromatic rings. The summed E-state index contributed by atoms with van der Waals surface area (Å²) in [6, 6.07) is 56.2. The van der Waals surface area contributed by atoms with E-state index in [0.717, 1.165) is 38.2 Å². The van der Waals surface area contributed by atoms with Crippen molar-refractivity contribution in [3.8, 4) is 55.6 Å². The molecule has 0 spiro atoms. The van der Waals surface area contributed by atoms with Crippen molar-refractivity contribution >= 4 is 93.1 Å². The van der Waals surface area contributed by atoms with Gasteiger partial charge in [-0.2, -0.15) is 0 Å². The molecule has 0 aliphatic carbocycles. The molecule has 0 atom stereocenters. The highest BCUT2D eigenvalue weighted by Gasteiger charge is 2.18. The van der Waals surface area contributed by atoms with Gasteiger partial charge in [-0.25, -0.2) is 0 Å². The van der Waals surface area contributed by atoms with Crippen LogP contribution in [0.15, 0.2) is 295 Å². The molecule has 14 rings (SSSR count). The Morgan fingerprint density at radius 3 is 0.921 bits per heavy atom. The van der Waals surface area contributed by atoms with Gasteiger partial charge in [0.25, 0.3) is 0 Å². The van der Waals surface area contributed by atoms with E-state index in [0.29, 0.717) is 38.8 Å². The monoisotopic (exact) mass is 1050 g/mol. The summed E-state index contributed by atoms with van der Waals surface area (Å²) in [7, 11) is -1.42. The predicted octanol–water partition coefficient (Wildman–Crippen LogP) is 18.8. The number of hydrogen-bond donors (Lipinski definition) is 2. The average molecular weight is 1050 g/mol. The third-order valence-electron chi connectivity index (χ3n) is 13.3. The van der Waals surface area contributed by atoms with Crippen LogP contribution in [0.25, 0.3) is 120 Å². The highest BCUT2D eigenvalue weighted by Crippen LogP contribution is 2.45. The lowest BCUT2D eigenvalue weighted by atomic mass is 9.79. The predicted molar refractivity (Wildman–Crippen MR) is 329 cm³/mol. The van der Waals surface area contributed by atoms with Crippen molar-refractivity contribution in [2.24, 2.45) is 0 Å². The van der Waals surface area contributed by atoms with Crippen LogP contribution in [0, 0.1) is 0 Å². The first-order valence-corrected chi connectivity index (χ1v) is 25.1. The summed E-state index contributed by atoms with van der Waals surface area (Å²) in [5.74, 6) is 0. The van der Waals surface area contributed by atoms with Gasteiger partial charge in [-0.1, -0.05) is 273 Å². The fraction of sp³-hybridized carbons (Fsp3) is 0. The molecule has 2 N–H and O–H groups in total. The summed E-state index contributed by atoms with van der Waals surface area (Å²) in [6.45, 7) is 0. The maximum atomic E-state index is 9.17. The first-order chi connectivity index (χ1) is 44.1. The number of fused-ring (bicyclic) bond motifs is 6. The van der Waals surface area contributed by atoms with Gasteiger partial charge >= 0.3 is 7.12 Å². The minimum Gasteiger partial charge on any atom is -0.423 e. The van der Waals surface area contributed by atoms with Crippen molar-refractivity contribution in [1.82, 2.24) is 0 Å². The van der Waals surface area contributed by atoms with Gasteiger partial charge in [-0.3, -0.25) is 0 Å². The van der Waals surface area contributed by atoms with E-state index in [-0.39, 0.29) is 95.9 Å². The molecular weight excluding hydrogens is 988 g/mol. The Morgan fingerprint density at radius 1 is 0.276 bits per heavy atom. The van der Waals surface area contributed by atoms with E-state index in [9.17, 15) is 10.0 Å². The zero-order chi connectivity index (χ0) is 65.3. The second-order valence-electron chi connectivity index (χ2n) is 17.9. The van der Waals surface area contributed by atoms with Crippen molar-refractivity contribution in [1.29, 1.82) is 0 Å². The topological polar surface area (TPSA) is 40.5 Å². The minimum atomic E-state index is -1.42. The smallest absolute Gasteiger partial charge is 0.423 e. The second-order valence-corrected chi connectivity index (χ2v) is 18.7. The van der Waals surface area contributed by atoms with E-state index >= 15 is 0 Å². The van der Waals surface area contributed by atoms with Crippen LogP contribution < -0.4 is 5.46 Å². The fourth-order valence-electron chi connectivity index (χ4n) is 9.73. The molecule has 0 aliphatic heterocycles. The quantitative estimate of drug-likeness (QED) is 0.129. The lowest BCUT2D eigenvalue weighted by Crippen LogP contribution is -2.29. The number of benzene rings is 14.